The number of hydrogen-bond donors (Lipinski definition) is 2. The monoisotopic (exact) mass is 298 g/mol. The number of halogens is 1. The summed E-state index contributed by atoms with van der Waals surface area (Å²) in [6.07, 6.45) is 2.72. The van der Waals surface area contributed by atoms with Gasteiger partial charge in [-0.2, -0.15) is 0 Å². The third-order valence-electron chi connectivity index (χ3n) is 3.15. The van der Waals surface area contributed by atoms with Crippen LogP contribution in [0.2, 0.25) is 5.02 Å². The van der Waals surface area contributed by atoms with E-state index in [1.54, 1.807) is 18.2 Å². The van der Waals surface area contributed by atoms with E-state index in [0.717, 1.165) is 19.3 Å². The molecule has 2 atom stereocenters. The Kier molecular flexibility index (Phi) is 5.09. The van der Waals surface area contributed by atoms with Crippen LogP contribution < -0.4 is 15.8 Å². The van der Waals surface area contributed by atoms with Crippen LogP contribution in [-0.2, 0) is 9.53 Å². The lowest BCUT2D eigenvalue weighted by Gasteiger charge is -2.31. The molecule has 5 nitrogen and oxygen atoms in total. The molecule has 0 aromatic heterocycles. The van der Waals surface area contributed by atoms with Gasteiger partial charge in [0.05, 0.1) is 5.02 Å². The van der Waals surface area contributed by atoms with Gasteiger partial charge in [0.2, 0.25) is 0 Å². The molecular formula is C14H19ClN2O3. The third-order valence-corrected chi connectivity index (χ3v) is 3.45. The van der Waals surface area contributed by atoms with Crippen molar-refractivity contribution in [3.05, 3.63) is 23.2 Å². The zero-order valence-electron chi connectivity index (χ0n) is 11.4. The van der Waals surface area contributed by atoms with Crippen LogP contribution in [0, 0.1) is 0 Å². The minimum Gasteiger partial charge on any atom is -0.474 e. The minimum absolute atomic E-state index is 0.116. The maximum atomic E-state index is 10.8. The fourth-order valence-electron chi connectivity index (χ4n) is 2.19. The standard InChI is InChI=1S/C14H19ClN2O3/c1-9(18)19-8-11-3-2-4-14(17-11)20-13-6-5-10(16)7-12(13)15/h5-7,11,14,17H,2-4,8,16H2,1H3/t11-,14+/m1/s1. The molecule has 110 valence electrons. The van der Waals surface area contributed by atoms with E-state index in [4.69, 9.17) is 26.8 Å². The first-order valence-corrected chi connectivity index (χ1v) is 7.03. The summed E-state index contributed by atoms with van der Waals surface area (Å²) in [5.74, 6) is 0.336. The number of carbonyl (C=O) groups excluding carboxylic acids is 1. The molecule has 20 heavy (non-hydrogen) atoms. The van der Waals surface area contributed by atoms with Gasteiger partial charge in [-0.25, -0.2) is 0 Å². The molecule has 0 bridgehead atoms. The molecule has 1 aromatic rings. The summed E-state index contributed by atoms with van der Waals surface area (Å²) in [7, 11) is 0. The lowest BCUT2D eigenvalue weighted by molar-refractivity contribution is -0.142. The number of anilines is 1. The van der Waals surface area contributed by atoms with E-state index in [1.807, 2.05) is 0 Å². The Balaban J connectivity index is 1.90. The maximum absolute atomic E-state index is 10.8. The zero-order valence-corrected chi connectivity index (χ0v) is 12.2. The van der Waals surface area contributed by atoms with Crippen molar-refractivity contribution in [3.63, 3.8) is 0 Å². The summed E-state index contributed by atoms with van der Waals surface area (Å²) in [6.45, 7) is 1.77. The first kappa shape index (κ1) is 14.9. The zero-order chi connectivity index (χ0) is 14.5. The molecule has 0 spiro atoms. The Morgan fingerprint density at radius 1 is 1.50 bits per heavy atom. The van der Waals surface area contributed by atoms with Gasteiger partial charge < -0.3 is 15.2 Å². The SMILES string of the molecule is CC(=O)OC[C@H]1CCC[C@H](Oc2ccc(N)cc2Cl)N1. The first-order chi connectivity index (χ1) is 9.54. The van der Waals surface area contributed by atoms with E-state index in [0.29, 0.717) is 23.1 Å². The van der Waals surface area contributed by atoms with Crippen LogP contribution in [0.15, 0.2) is 18.2 Å². The van der Waals surface area contributed by atoms with Crippen LogP contribution >= 0.6 is 11.6 Å². The van der Waals surface area contributed by atoms with Crippen molar-refractivity contribution in [1.29, 1.82) is 0 Å². The van der Waals surface area contributed by atoms with Crippen molar-refractivity contribution < 1.29 is 14.3 Å². The van der Waals surface area contributed by atoms with Gasteiger partial charge in [0.15, 0.2) is 6.23 Å². The molecule has 1 saturated heterocycles. The van der Waals surface area contributed by atoms with Crippen molar-refractivity contribution in [2.24, 2.45) is 0 Å². The molecule has 0 aliphatic carbocycles. The number of ether oxygens (including phenoxy) is 2. The average Bonchev–Trinajstić information content (AvgIpc) is 2.40. The molecule has 2 rings (SSSR count). The van der Waals surface area contributed by atoms with E-state index >= 15 is 0 Å². The molecule has 1 aliphatic rings. The summed E-state index contributed by atoms with van der Waals surface area (Å²) >= 11 is 6.09. The number of nitrogen functional groups attached to an aromatic ring is 1. The van der Waals surface area contributed by atoms with Crippen LogP contribution in [0.25, 0.3) is 0 Å². The normalized spacial score (nSPS) is 22.3. The lowest BCUT2D eigenvalue weighted by Crippen LogP contribution is -2.47. The Bertz CT molecular complexity index is 481. The van der Waals surface area contributed by atoms with Gasteiger partial charge >= 0.3 is 5.97 Å². The van der Waals surface area contributed by atoms with Crippen molar-refractivity contribution in [2.75, 3.05) is 12.3 Å². The average molecular weight is 299 g/mol. The van der Waals surface area contributed by atoms with Crippen LogP contribution in [-0.4, -0.2) is 24.8 Å². The van der Waals surface area contributed by atoms with Crippen molar-refractivity contribution in [1.82, 2.24) is 5.32 Å². The Morgan fingerprint density at radius 2 is 2.30 bits per heavy atom. The fourth-order valence-corrected chi connectivity index (χ4v) is 2.42. The van der Waals surface area contributed by atoms with Gasteiger partial charge in [-0.1, -0.05) is 11.6 Å². The van der Waals surface area contributed by atoms with Crippen LogP contribution in [0.4, 0.5) is 5.69 Å². The molecule has 0 radical (unpaired) electrons. The van der Waals surface area contributed by atoms with Crippen molar-refractivity contribution >= 4 is 23.3 Å². The van der Waals surface area contributed by atoms with Gasteiger partial charge in [-0.3, -0.25) is 10.1 Å². The van der Waals surface area contributed by atoms with Crippen molar-refractivity contribution in [3.8, 4) is 5.75 Å². The van der Waals surface area contributed by atoms with Gasteiger partial charge in [0.25, 0.3) is 0 Å². The molecule has 6 heteroatoms. The lowest BCUT2D eigenvalue weighted by atomic mass is 10.0. The topological polar surface area (TPSA) is 73.6 Å². The highest BCUT2D eigenvalue weighted by Gasteiger charge is 2.23. The molecule has 3 N–H and O–H groups in total. The number of rotatable bonds is 4. The fraction of sp³-hybridized carbons (Fsp3) is 0.500. The van der Waals surface area contributed by atoms with E-state index in [-0.39, 0.29) is 18.2 Å². The number of piperidine rings is 1. The summed E-state index contributed by atoms with van der Waals surface area (Å²) in [6, 6.07) is 5.29. The van der Waals surface area contributed by atoms with Gasteiger partial charge in [0.1, 0.15) is 12.4 Å². The number of carbonyl (C=O) groups is 1. The quantitative estimate of drug-likeness (QED) is 0.659. The van der Waals surface area contributed by atoms with E-state index in [9.17, 15) is 4.79 Å². The van der Waals surface area contributed by atoms with Crippen molar-refractivity contribution in [2.45, 2.75) is 38.5 Å². The molecule has 0 unspecified atom stereocenters. The number of esters is 1. The van der Waals surface area contributed by atoms with Gasteiger partial charge in [-0.15, -0.1) is 0 Å². The molecule has 0 saturated carbocycles. The Morgan fingerprint density at radius 3 is 3.00 bits per heavy atom. The number of hydrogen-bond acceptors (Lipinski definition) is 5. The Hall–Kier alpha value is -1.46. The van der Waals surface area contributed by atoms with E-state index < -0.39 is 0 Å². The largest absolute Gasteiger partial charge is 0.474 e. The number of nitrogens with two attached hydrogens (primary N) is 1. The molecule has 1 aromatic carbocycles. The number of nitrogens with one attached hydrogen (secondary N) is 1. The molecule has 0 amide bonds. The van der Waals surface area contributed by atoms with E-state index in [1.165, 1.54) is 6.92 Å². The predicted molar refractivity (Wildman–Crippen MR) is 77.7 cm³/mol. The predicted octanol–water partition coefficient (Wildman–Crippen LogP) is 2.33. The summed E-state index contributed by atoms with van der Waals surface area (Å²) in [5, 5.41) is 3.80. The molecule has 1 heterocycles. The van der Waals surface area contributed by atoms with Gasteiger partial charge in [-0.05, 0) is 37.5 Å². The van der Waals surface area contributed by atoms with Crippen LogP contribution in [0.1, 0.15) is 26.2 Å². The highest BCUT2D eigenvalue weighted by Crippen LogP contribution is 2.28. The summed E-state index contributed by atoms with van der Waals surface area (Å²) in [4.78, 5) is 10.8. The molecule has 1 aliphatic heterocycles. The summed E-state index contributed by atoms with van der Waals surface area (Å²) < 4.78 is 10.9. The second-order valence-corrected chi connectivity index (χ2v) is 5.30. The highest BCUT2D eigenvalue weighted by molar-refractivity contribution is 6.32. The second-order valence-electron chi connectivity index (χ2n) is 4.89. The van der Waals surface area contributed by atoms with Gasteiger partial charge in [0, 0.05) is 18.7 Å². The number of benzene rings is 1. The highest BCUT2D eigenvalue weighted by atomic mass is 35.5. The third kappa shape index (κ3) is 4.28. The molecule has 1 fully saturated rings. The minimum atomic E-state index is -0.267. The molecular weight excluding hydrogens is 280 g/mol. The van der Waals surface area contributed by atoms with E-state index in [2.05, 4.69) is 5.32 Å². The maximum Gasteiger partial charge on any atom is 0.302 e. The van der Waals surface area contributed by atoms with Crippen LogP contribution in [0.5, 0.6) is 5.75 Å². The van der Waals surface area contributed by atoms with Crippen LogP contribution in [0.3, 0.4) is 0 Å². The first-order valence-electron chi connectivity index (χ1n) is 6.65. The summed E-state index contributed by atoms with van der Waals surface area (Å²) in [5.41, 5.74) is 6.25. The second kappa shape index (κ2) is 6.81. The smallest absolute Gasteiger partial charge is 0.302 e. The Labute approximate surface area is 123 Å².